The van der Waals surface area contributed by atoms with E-state index in [4.69, 9.17) is 10.5 Å². The van der Waals surface area contributed by atoms with Crippen LogP contribution in [0.15, 0.2) is 12.1 Å². The Bertz CT molecular complexity index is 550. The molecule has 5 nitrogen and oxygen atoms in total. The summed E-state index contributed by atoms with van der Waals surface area (Å²) in [5.74, 6) is -0.772. The van der Waals surface area contributed by atoms with Gasteiger partial charge in [-0.05, 0) is 50.8 Å². The normalized spacial score (nSPS) is 15.6. The number of esters is 1. The molecule has 0 radical (unpaired) electrons. The third kappa shape index (κ3) is 3.29. The minimum atomic E-state index is -0.801. The zero-order valence-corrected chi connectivity index (χ0v) is 12.0. The summed E-state index contributed by atoms with van der Waals surface area (Å²) in [6.07, 6.45) is 1.20. The third-order valence-corrected chi connectivity index (χ3v) is 3.41. The highest BCUT2D eigenvalue weighted by molar-refractivity contribution is 5.94. The number of nitrogen functional groups attached to an aromatic ring is 1. The van der Waals surface area contributed by atoms with E-state index in [1.807, 2.05) is 19.9 Å². The zero-order valence-electron chi connectivity index (χ0n) is 12.0. The molecule has 0 bridgehead atoms. The molecule has 1 aromatic rings. The Morgan fingerprint density at radius 1 is 1.30 bits per heavy atom. The monoisotopic (exact) mass is 276 g/mol. The van der Waals surface area contributed by atoms with Crippen LogP contribution >= 0.6 is 0 Å². The molecule has 3 N–H and O–H groups in total. The molecule has 2 rings (SSSR count). The van der Waals surface area contributed by atoms with E-state index >= 15 is 0 Å². The first-order chi connectivity index (χ1) is 9.38. The number of carbonyl (C=O) groups excluding carboxylic acids is 2. The van der Waals surface area contributed by atoms with Crippen LogP contribution < -0.4 is 11.1 Å². The summed E-state index contributed by atoms with van der Waals surface area (Å²) in [5, 5.41) is 2.80. The smallest absolute Gasteiger partial charge is 0.339 e. The van der Waals surface area contributed by atoms with Crippen LogP contribution in [0.1, 0.15) is 41.3 Å². The molecule has 0 aromatic heterocycles. The molecule has 1 atom stereocenters. The van der Waals surface area contributed by atoms with Crippen LogP contribution in [-0.2, 0) is 9.53 Å². The maximum absolute atomic E-state index is 12.1. The summed E-state index contributed by atoms with van der Waals surface area (Å²) < 4.78 is 5.20. The number of nitrogens with two attached hydrogens (primary N) is 1. The van der Waals surface area contributed by atoms with Crippen molar-refractivity contribution >= 4 is 17.6 Å². The fraction of sp³-hybridized carbons (Fsp3) is 0.467. The van der Waals surface area contributed by atoms with E-state index in [-0.39, 0.29) is 11.9 Å². The van der Waals surface area contributed by atoms with Crippen LogP contribution in [0, 0.1) is 13.8 Å². The number of amides is 1. The Hall–Kier alpha value is -2.04. The highest BCUT2D eigenvalue weighted by Gasteiger charge is 2.27. The number of benzene rings is 1. The summed E-state index contributed by atoms with van der Waals surface area (Å²) >= 11 is 0. The Morgan fingerprint density at radius 3 is 2.55 bits per heavy atom. The van der Waals surface area contributed by atoms with Crippen molar-refractivity contribution in [1.29, 1.82) is 0 Å². The lowest BCUT2D eigenvalue weighted by Gasteiger charge is -2.15. The number of ether oxygens (including phenoxy) is 1. The molecular weight excluding hydrogens is 256 g/mol. The largest absolute Gasteiger partial charge is 0.449 e. The van der Waals surface area contributed by atoms with Gasteiger partial charge in [-0.15, -0.1) is 0 Å². The number of rotatable bonds is 4. The van der Waals surface area contributed by atoms with E-state index in [9.17, 15) is 9.59 Å². The number of hydrogen-bond donors (Lipinski definition) is 2. The van der Waals surface area contributed by atoms with Gasteiger partial charge in [-0.1, -0.05) is 6.07 Å². The highest BCUT2D eigenvalue weighted by atomic mass is 16.5. The lowest BCUT2D eigenvalue weighted by atomic mass is 10.0. The van der Waals surface area contributed by atoms with Gasteiger partial charge in [-0.2, -0.15) is 0 Å². The van der Waals surface area contributed by atoms with E-state index in [2.05, 4.69) is 5.32 Å². The molecule has 1 aliphatic rings. The molecule has 108 valence electrons. The van der Waals surface area contributed by atoms with Crippen molar-refractivity contribution in [3.63, 3.8) is 0 Å². The molecule has 5 heteroatoms. The molecule has 1 amide bonds. The molecule has 1 aromatic carbocycles. The maximum atomic E-state index is 12.1. The average molecular weight is 276 g/mol. The van der Waals surface area contributed by atoms with Crippen molar-refractivity contribution in [2.75, 3.05) is 5.73 Å². The SMILES string of the molecule is Cc1cc(C)c(C(=O)OC(C)C(=O)NC2CC2)cc1N. The fourth-order valence-electron chi connectivity index (χ4n) is 1.91. The number of aryl methyl sites for hydroxylation is 2. The Morgan fingerprint density at radius 2 is 1.95 bits per heavy atom. The minimum Gasteiger partial charge on any atom is -0.449 e. The molecule has 0 heterocycles. The van der Waals surface area contributed by atoms with Gasteiger partial charge in [0.2, 0.25) is 0 Å². The Labute approximate surface area is 118 Å². The standard InChI is InChI=1S/C15H20N2O3/c1-8-6-9(2)13(16)7-12(8)15(19)20-10(3)14(18)17-11-4-5-11/h6-7,10-11H,4-5,16H2,1-3H3,(H,17,18). The summed E-state index contributed by atoms with van der Waals surface area (Å²) in [4.78, 5) is 23.8. The molecule has 0 saturated heterocycles. The third-order valence-electron chi connectivity index (χ3n) is 3.41. The Balaban J connectivity index is 2.03. The number of carbonyl (C=O) groups is 2. The molecule has 1 saturated carbocycles. The van der Waals surface area contributed by atoms with Crippen LogP contribution in [0.2, 0.25) is 0 Å². The quantitative estimate of drug-likeness (QED) is 0.648. The molecular formula is C15H20N2O3. The molecule has 0 aliphatic heterocycles. The lowest BCUT2D eigenvalue weighted by Crippen LogP contribution is -2.37. The summed E-state index contributed by atoms with van der Waals surface area (Å²) in [6, 6.07) is 3.68. The van der Waals surface area contributed by atoms with Crippen molar-refractivity contribution in [2.24, 2.45) is 0 Å². The van der Waals surface area contributed by atoms with Crippen molar-refractivity contribution in [3.8, 4) is 0 Å². The van der Waals surface area contributed by atoms with Crippen LogP contribution in [-0.4, -0.2) is 24.0 Å². The van der Waals surface area contributed by atoms with E-state index in [0.29, 0.717) is 11.3 Å². The first-order valence-electron chi connectivity index (χ1n) is 6.76. The first kappa shape index (κ1) is 14.4. The van der Waals surface area contributed by atoms with Crippen LogP contribution in [0.4, 0.5) is 5.69 Å². The van der Waals surface area contributed by atoms with Crippen molar-refractivity contribution < 1.29 is 14.3 Å². The molecule has 1 unspecified atom stereocenters. The summed E-state index contributed by atoms with van der Waals surface area (Å²) in [5.41, 5.74) is 8.45. The predicted molar refractivity (Wildman–Crippen MR) is 76.4 cm³/mol. The van der Waals surface area contributed by atoms with E-state index in [1.54, 1.807) is 13.0 Å². The summed E-state index contributed by atoms with van der Waals surface area (Å²) in [6.45, 7) is 5.27. The number of nitrogens with one attached hydrogen (secondary N) is 1. The van der Waals surface area contributed by atoms with Crippen LogP contribution in [0.3, 0.4) is 0 Å². The molecule has 20 heavy (non-hydrogen) atoms. The van der Waals surface area contributed by atoms with Crippen molar-refractivity contribution in [3.05, 3.63) is 28.8 Å². The predicted octanol–water partition coefficient (Wildman–Crippen LogP) is 1.71. The van der Waals surface area contributed by atoms with Crippen molar-refractivity contribution in [2.45, 2.75) is 45.8 Å². The van der Waals surface area contributed by atoms with E-state index < -0.39 is 12.1 Å². The van der Waals surface area contributed by atoms with Crippen LogP contribution in [0.25, 0.3) is 0 Å². The number of anilines is 1. The van der Waals surface area contributed by atoms with E-state index in [0.717, 1.165) is 24.0 Å². The van der Waals surface area contributed by atoms with Gasteiger partial charge in [0, 0.05) is 11.7 Å². The zero-order chi connectivity index (χ0) is 14.9. The second kappa shape index (κ2) is 5.53. The summed E-state index contributed by atoms with van der Waals surface area (Å²) in [7, 11) is 0. The molecule has 1 aliphatic carbocycles. The molecule has 1 fully saturated rings. The van der Waals surface area contributed by atoms with Gasteiger partial charge in [0.05, 0.1) is 5.56 Å². The van der Waals surface area contributed by atoms with Crippen molar-refractivity contribution in [1.82, 2.24) is 5.32 Å². The van der Waals surface area contributed by atoms with E-state index in [1.165, 1.54) is 0 Å². The molecule has 0 spiro atoms. The second-order valence-electron chi connectivity index (χ2n) is 5.35. The van der Waals surface area contributed by atoms with Gasteiger partial charge in [-0.25, -0.2) is 4.79 Å². The second-order valence-corrected chi connectivity index (χ2v) is 5.35. The van der Waals surface area contributed by atoms with Gasteiger partial charge in [0.1, 0.15) is 0 Å². The topological polar surface area (TPSA) is 81.4 Å². The fourth-order valence-corrected chi connectivity index (χ4v) is 1.91. The maximum Gasteiger partial charge on any atom is 0.339 e. The van der Waals surface area contributed by atoms with Gasteiger partial charge in [0.15, 0.2) is 6.10 Å². The number of hydrogen-bond acceptors (Lipinski definition) is 4. The van der Waals surface area contributed by atoms with Gasteiger partial charge >= 0.3 is 5.97 Å². The minimum absolute atomic E-state index is 0.250. The van der Waals surface area contributed by atoms with Gasteiger partial charge < -0.3 is 15.8 Å². The van der Waals surface area contributed by atoms with Gasteiger partial charge in [0.25, 0.3) is 5.91 Å². The lowest BCUT2D eigenvalue weighted by molar-refractivity contribution is -0.129. The van der Waals surface area contributed by atoms with Crippen LogP contribution in [0.5, 0.6) is 0 Å². The Kier molecular flexibility index (Phi) is 3.97. The first-order valence-corrected chi connectivity index (χ1v) is 6.76. The average Bonchev–Trinajstić information content (AvgIpc) is 3.17. The highest BCUT2D eigenvalue weighted by Crippen LogP contribution is 2.20. The van der Waals surface area contributed by atoms with Gasteiger partial charge in [-0.3, -0.25) is 4.79 Å².